The SMILES string of the molecule is C=CCc1c(C)nc(SCC(=O)Nc2ccc(Cl)cc2C)[nH]c1=O. The number of aromatic nitrogens is 2. The standard InChI is InChI=1S/C17H18ClN3O2S/c1-4-5-13-11(3)19-17(21-16(13)23)24-9-15(22)20-14-7-6-12(18)8-10(14)2/h4,6-8H,1,5,9H2,2-3H3,(H,20,22)(H,19,21,23). The quantitative estimate of drug-likeness (QED) is 0.468. The molecule has 1 aromatic heterocycles. The molecule has 2 aromatic rings. The molecule has 0 radical (unpaired) electrons. The molecule has 0 bridgehead atoms. The number of carbonyl (C=O) groups is 1. The van der Waals surface area contributed by atoms with Gasteiger partial charge < -0.3 is 10.3 Å². The lowest BCUT2D eigenvalue weighted by atomic mass is 10.2. The van der Waals surface area contributed by atoms with Gasteiger partial charge in [-0.25, -0.2) is 4.98 Å². The molecule has 1 heterocycles. The molecule has 1 aromatic carbocycles. The van der Waals surface area contributed by atoms with Crippen LogP contribution in [0.25, 0.3) is 0 Å². The molecule has 2 rings (SSSR count). The average Bonchev–Trinajstić information content (AvgIpc) is 2.51. The molecule has 0 saturated heterocycles. The van der Waals surface area contributed by atoms with Gasteiger partial charge in [0.05, 0.1) is 5.75 Å². The highest BCUT2D eigenvalue weighted by molar-refractivity contribution is 7.99. The minimum Gasteiger partial charge on any atom is -0.325 e. The second-order valence-corrected chi connectivity index (χ2v) is 6.62. The summed E-state index contributed by atoms with van der Waals surface area (Å²) in [6.45, 7) is 7.27. The van der Waals surface area contributed by atoms with E-state index in [1.165, 1.54) is 11.8 Å². The fourth-order valence-corrected chi connectivity index (χ4v) is 3.06. The number of rotatable bonds is 6. The maximum Gasteiger partial charge on any atom is 0.255 e. The van der Waals surface area contributed by atoms with E-state index in [1.54, 1.807) is 31.2 Å². The van der Waals surface area contributed by atoms with E-state index in [2.05, 4.69) is 21.9 Å². The number of anilines is 1. The van der Waals surface area contributed by atoms with Crippen molar-refractivity contribution in [3.05, 3.63) is 63.1 Å². The van der Waals surface area contributed by atoms with Crippen molar-refractivity contribution in [2.24, 2.45) is 0 Å². The molecule has 0 unspecified atom stereocenters. The Morgan fingerprint density at radius 3 is 2.83 bits per heavy atom. The topological polar surface area (TPSA) is 74.8 Å². The summed E-state index contributed by atoms with van der Waals surface area (Å²) >= 11 is 7.08. The number of amides is 1. The molecule has 0 atom stereocenters. The summed E-state index contributed by atoms with van der Waals surface area (Å²) in [6.07, 6.45) is 2.13. The van der Waals surface area contributed by atoms with Gasteiger partial charge in [-0.05, 0) is 44.0 Å². The number of nitrogens with one attached hydrogen (secondary N) is 2. The predicted octanol–water partition coefficient (Wildman–Crippen LogP) is 3.50. The van der Waals surface area contributed by atoms with Crippen LogP contribution >= 0.6 is 23.4 Å². The van der Waals surface area contributed by atoms with Crippen LogP contribution in [0.15, 0.2) is 40.8 Å². The largest absolute Gasteiger partial charge is 0.325 e. The third-order valence-electron chi connectivity index (χ3n) is 3.35. The molecule has 1 amide bonds. The Hall–Kier alpha value is -2.05. The number of halogens is 1. The molecule has 2 N–H and O–H groups in total. The maximum absolute atomic E-state index is 12.1. The molecule has 0 aliphatic rings. The third-order valence-corrected chi connectivity index (χ3v) is 4.46. The van der Waals surface area contributed by atoms with E-state index in [1.807, 2.05) is 6.92 Å². The van der Waals surface area contributed by atoms with Gasteiger partial charge in [-0.1, -0.05) is 29.4 Å². The van der Waals surface area contributed by atoms with Crippen LogP contribution in [0.2, 0.25) is 5.02 Å². The van der Waals surface area contributed by atoms with Gasteiger partial charge in [0.1, 0.15) is 0 Å². The van der Waals surface area contributed by atoms with Crippen LogP contribution in [0.5, 0.6) is 0 Å². The van der Waals surface area contributed by atoms with Crippen molar-refractivity contribution in [2.75, 3.05) is 11.1 Å². The van der Waals surface area contributed by atoms with Crippen LogP contribution in [0.4, 0.5) is 5.69 Å². The Morgan fingerprint density at radius 1 is 1.46 bits per heavy atom. The molecule has 24 heavy (non-hydrogen) atoms. The van der Waals surface area contributed by atoms with Gasteiger partial charge in [0.2, 0.25) is 5.91 Å². The highest BCUT2D eigenvalue weighted by atomic mass is 35.5. The van der Waals surface area contributed by atoms with E-state index in [4.69, 9.17) is 11.6 Å². The number of allylic oxidation sites excluding steroid dienone is 1. The maximum atomic E-state index is 12.1. The lowest BCUT2D eigenvalue weighted by Crippen LogP contribution is -2.18. The van der Waals surface area contributed by atoms with Crippen molar-refractivity contribution in [1.29, 1.82) is 0 Å². The van der Waals surface area contributed by atoms with Crippen molar-refractivity contribution < 1.29 is 4.79 Å². The number of benzene rings is 1. The molecule has 0 aliphatic carbocycles. The average molecular weight is 364 g/mol. The molecule has 0 spiro atoms. The highest BCUT2D eigenvalue weighted by Crippen LogP contribution is 2.20. The Morgan fingerprint density at radius 2 is 2.21 bits per heavy atom. The number of carbonyl (C=O) groups excluding carboxylic acids is 1. The Balaban J connectivity index is 2.01. The number of H-pyrrole nitrogens is 1. The van der Waals surface area contributed by atoms with Gasteiger partial charge in [0, 0.05) is 22.0 Å². The first-order chi connectivity index (χ1) is 11.4. The minimum atomic E-state index is -0.196. The van der Waals surface area contributed by atoms with Crippen molar-refractivity contribution in [2.45, 2.75) is 25.4 Å². The molecule has 5 nitrogen and oxygen atoms in total. The van der Waals surface area contributed by atoms with Gasteiger partial charge in [-0.15, -0.1) is 6.58 Å². The summed E-state index contributed by atoms with van der Waals surface area (Å²) in [4.78, 5) is 31.1. The van der Waals surface area contributed by atoms with E-state index < -0.39 is 0 Å². The van der Waals surface area contributed by atoms with Gasteiger partial charge in [-0.3, -0.25) is 9.59 Å². The predicted molar refractivity (Wildman–Crippen MR) is 99.0 cm³/mol. The van der Waals surface area contributed by atoms with Gasteiger partial charge in [0.15, 0.2) is 5.16 Å². The molecule has 126 valence electrons. The molecular weight excluding hydrogens is 346 g/mol. The molecule has 0 fully saturated rings. The van der Waals surface area contributed by atoms with E-state index in [-0.39, 0.29) is 17.2 Å². The Bertz CT molecular complexity index is 833. The minimum absolute atomic E-state index is 0.144. The molecule has 7 heteroatoms. The van der Waals surface area contributed by atoms with E-state index in [0.717, 1.165) is 5.56 Å². The van der Waals surface area contributed by atoms with E-state index in [9.17, 15) is 9.59 Å². The monoisotopic (exact) mass is 363 g/mol. The van der Waals surface area contributed by atoms with Gasteiger partial charge in [0.25, 0.3) is 5.56 Å². The number of aromatic amines is 1. The number of aryl methyl sites for hydroxylation is 2. The fraction of sp³-hybridized carbons (Fsp3) is 0.235. The van der Waals surface area contributed by atoms with Crippen LogP contribution < -0.4 is 10.9 Å². The summed E-state index contributed by atoms with van der Waals surface area (Å²) in [7, 11) is 0. The number of hydrogen-bond donors (Lipinski definition) is 2. The highest BCUT2D eigenvalue weighted by Gasteiger charge is 2.10. The summed E-state index contributed by atoms with van der Waals surface area (Å²) < 4.78 is 0. The van der Waals surface area contributed by atoms with Crippen LogP contribution in [0, 0.1) is 13.8 Å². The molecule has 0 saturated carbocycles. The summed E-state index contributed by atoms with van der Waals surface area (Å²) in [5, 5.41) is 3.86. The fourth-order valence-electron chi connectivity index (χ4n) is 2.13. The van der Waals surface area contributed by atoms with Crippen LogP contribution in [0.3, 0.4) is 0 Å². The zero-order chi connectivity index (χ0) is 17.7. The van der Waals surface area contributed by atoms with Crippen molar-refractivity contribution >= 4 is 35.0 Å². The lowest BCUT2D eigenvalue weighted by Gasteiger charge is -2.09. The zero-order valence-corrected chi connectivity index (χ0v) is 15.1. The lowest BCUT2D eigenvalue weighted by molar-refractivity contribution is -0.113. The van der Waals surface area contributed by atoms with Gasteiger partial charge >= 0.3 is 0 Å². The van der Waals surface area contributed by atoms with E-state index in [0.29, 0.717) is 33.5 Å². The first kappa shape index (κ1) is 18.3. The summed E-state index contributed by atoms with van der Waals surface area (Å²) in [6, 6.07) is 5.26. The Kier molecular flexibility index (Phi) is 6.23. The van der Waals surface area contributed by atoms with Crippen LogP contribution in [0.1, 0.15) is 16.8 Å². The molecule has 0 aliphatic heterocycles. The zero-order valence-electron chi connectivity index (χ0n) is 13.5. The summed E-state index contributed by atoms with van der Waals surface area (Å²) in [5.74, 6) is -0.0356. The van der Waals surface area contributed by atoms with Crippen molar-refractivity contribution in [3.63, 3.8) is 0 Å². The first-order valence-electron chi connectivity index (χ1n) is 7.30. The molecular formula is C17H18ClN3O2S. The number of thioether (sulfide) groups is 1. The number of hydrogen-bond acceptors (Lipinski definition) is 4. The first-order valence-corrected chi connectivity index (χ1v) is 8.66. The van der Waals surface area contributed by atoms with E-state index >= 15 is 0 Å². The third kappa shape index (κ3) is 4.72. The van der Waals surface area contributed by atoms with Crippen molar-refractivity contribution in [3.8, 4) is 0 Å². The second kappa shape index (κ2) is 8.17. The smallest absolute Gasteiger partial charge is 0.255 e. The second-order valence-electron chi connectivity index (χ2n) is 5.22. The normalized spacial score (nSPS) is 10.5. The van der Waals surface area contributed by atoms with Crippen molar-refractivity contribution in [1.82, 2.24) is 9.97 Å². The van der Waals surface area contributed by atoms with Crippen LogP contribution in [-0.2, 0) is 11.2 Å². The van der Waals surface area contributed by atoms with Gasteiger partial charge in [-0.2, -0.15) is 0 Å². The number of nitrogens with zero attached hydrogens (tertiary/aromatic N) is 1. The van der Waals surface area contributed by atoms with Crippen LogP contribution in [-0.4, -0.2) is 21.6 Å². The Labute approximate surface area is 149 Å². The summed E-state index contributed by atoms with van der Waals surface area (Å²) in [5.41, 5.74) is 2.64.